The third kappa shape index (κ3) is 7.65. The largest absolute Gasteiger partial charge is 0.444 e. The average Bonchev–Trinajstić information content (AvgIpc) is 2.99. The first-order valence-electron chi connectivity index (χ1n) is 10.3. The van der Waals surface area contributed by atoms with E-state index in [4.69, 9.17) is 26.4 Å². The summed E-state index contributed by atoms with van der Waals surface area (Å²) in [6.45, 7) is 14.8. The van der Waals surface area contributed by atoms with E-state index in [1.165, 1.54) is 0 Å². The van der Waals surface area contributed by atoms with E-state index < -0.39 is 19.8 Å². The fourth-order valence-corrected chi connectivity index (χ4v) is 3.92. The van der Waals surface area contributed by atoms with Crippen molar-refractivity contribution in [2.45, 2.75) is 71.5 Å². The predicted octanol–water partition coefficient (Wildman–Crippen LogP) is 5.26. The van der Waals surface area contributed by atoms with Crippen LogP contribution >= 0.6 is 12.2 Å². The summed E-state index contributed by atoms with van der Waals surface area (Å²) in [6, 6.07) is 8.99. The molecule has 0 bridgehead atoms. The molecule has 2 rings (SSSR count). The van der Waals surface area contributed by atoms with Gasteiger partial charge in [-0.3, -0.25) is 0 Å². The molecule has 164 valence electrons. The van der Waals surface area contributed by atoms with Gasteiger partial charge in [0.1, 0.15) is 19.4 Å². The van der Waals surface area contributed by atoms with Crippen LogP contribution in [0.2, 0.25) is 19.6 Å². The Labute approximate surface area is 187 Å². The van der Waals surface area contributed by atoms with Crippen molar-refractivity contribution in [3.63, 3.8) is 0 Å². The Hall–Kier alpha value is -2.04. The molecular formula is C23H33NO4SSi. The van der Waals surface area contributed by atoms with Crippen LogP contribution in [0.4, 0.5) is 4.79 Å². The maximum absolute atomic E-state index is 12.8. The molecule has 0 spiro atoms. The van der Waals surface area contributed by atoms with Crippen molar-refractivity contribution in [3.8, 4) is 17.2 Å². The van der Waals surface area contributed by atoms with Crippen LogP contribution in [-0.2, 0) is 9.47 Å². The Morgan fingerprint density at radius 3 is 2.43 bits per heavy atom. The molecule has 1 aliphatic heterocycles. The van der Waals surface area contributed by atoms with Crippen LogP contribution in [-0.4, -0.2) is 48.6 Å². The van der Waals surface area contributed by atoms with Gasteiger partial charge >= 0.3 is 11.3 Å². The molecule has 30 heavy (non-hydrogen) atoms. The lowest BCUT2D eigenvalue weighted by atomic mass is 9.98. The van der Waals surface area contributed by atoms with Crippen molar-refractivity contribution < 1.29 is 19.0 Å². The van der Waals surface area contributed by atoms with E-state index in [2.05, 4.69) is 38.0 Å². The Balaban J connectivity index is 2.26. The minimum atomic E-state index is -1.67. The average molecular weight is 448 g/mol. The van der Waals surface area contributed by atoms with Gasteiger partial charge in [0.25, 0.3) is 0 Å². The third-order valence-corrected chi connectivity index (χ3v) is 5.54. The molecule has 1 fully saturated rings. The Bertz CT molecular complexity index is 804. The lowest BCUT2D eigenvalue weighted by Crippen LogP contribution is -2.48. The van der Waals surface area contributed by atoms with Crippen molar-refractivity contribution in [3.05, 3.63) is 30.3 Å². The summed E-state index contributed by atoms with van der Waals surface area (Å²) in [6.07, 6.45) is -0.0851. The molecule has 7 heteroatoms. The van der Waals surface area contributed by atoms with Gasteiger partial charge in [-0.05, 0) is 45.2 Å². The highest BCUT2D eigenvalue weighted by molar-refractivity contribution is 7.79. The number of hydrogen-bond donors (Lipinski definition) is 0. The molecule has 1 aliphatic rings. The number of para-hydroxylation sites is 1. The molecule has 1 amide bonds. The number of rotatable bonds is 3. The maximum Gasteiger partial charge on any atom is 0.410 e. The zero-order valence-electron chi connectivity index (χ0n) is 19.0. The van der Waals surface area contributed by atoms with Crippen molar-refractivity contribution in [2.75, 3.05) is 6.54 Å². The highest BCUT2D eigenvalue weighted by atomic mass is 32.1. The third-order valence-electron chi connectivity index (χ3n) is 4.46. The van der Waals surface area contributed by atoms with Crippen LogP contribution in [0.3, 0.4) is 0 Å². The Morgan fingerprint density at radius 1 is 1.23 bits per heavy atom. The summed E-state index contributed by atoms with van der Waals surface area (Å²) in [7, 11) is -1.67. The highest BCUT2D eigenvalue weighted by Gasteiger charge is 2.42. The van der Waals surface area contributed by atoms with Gasteiger partial charge in [0.2, 0.25) is 0 Å². The van der Waals surface area contributed by atoms with E-state index in [9.17, 15) is 4.79 Å². The van der Waals surface area contributed by atoms with Crippen LogP contribution < -0.4 is 4.74 Å². The maximum atomic E-state index is 12.8. The van der Waals surface area contributed by atoms with Crippen molar-refractivity contribution in [1.29, 1.82) is 0 Å². The number of amides is 1. The van der Waals surface area contributed by atoms with E-state index in [-0.39, 0.29) is 23.3 Å². The normalized spacial score (nSPS) is 20.0. The molecule has 0 N–H and O–H groups in total. The second-order valence-electron chi connectivity index (χ2n) is 9.65. The van der Waals surface area contributed by atoms with Gasteiger partial charge in [0.15, 0.2) is 6.10 Å². The minimum absolute atomic E-state index is 0.000635. The number of nitrogens with zero attached hydrogens (tertiary/aromatic N) is 1. The number of carbonyl (C=O) groups excluding carboxylic acids is 1. The number of thiocarbonyl (C=S) groups is 1. The summed E-state index contributed by atoms with van der Waals surface area (Å²) >= 11 is 5.35. The Morgan fingerprint density at radius 2 is 1.87 bits per heavy atom. The lowest BCUT2D eigenvalue weighted by Gasteiger charge is -2.33. The standard InChI is InChI=1S/C23H33NO4SSi/c1-17-13-15-24(21(25)28-23(2,3)4)20(17)19(14-16-30(5,6)7)27-22(29)26-18-11-9-8-10-12-18/h8-12,17,19-20H,13,15H2,1-7H3/t17-,19?,20-/m0/s1. The fourth-order valence-electron chi connectivity index (χ4n) is 3.15. The zero-order valence-corrected chi connectivity index (χ0v) is 20.8. The number of likely N-dealkylation sites (tertiary alicyclic amines) is 1. The van der Waals surface area contributed by atoms with Gasteiger partial charge in [-0.2, -0.15) is 0 Å². The Kier molecular flexibility index (Phi) is 7.95. The van der Waals surface area contributed by atoms with Gasteiger partial charge in [-0.1, -0.05) is 50.7 Å². The first-order valence-corrected chi connectivity index (χ1v) is 14.2. The molecule has 1 aromatic rings. The molecule has 1 heterocycles. The SMILES string of the molecule is C[C@H]1CCN(C(=O)OC(C)(C)C)[C@@H]1C(C#C[Si](C)(C)C)OC(=S)Oc1ccccc1. The van der Waals surface area contributed by atoms with Crippen molar-refractivity contribution in [1.82, 2.24) is 4.90 Å². The minimum Gasteiger partial charge on any atom is -0.444 e. The van der Waals surface area contributed by atoms with E-state index >= 15 is 0 Å². The molecule has 1 saturated heterocycles. The predicted molar refractivity (Wildman–Crippen MR) is 126 cm³/mol. The topological polar surface area (TPSA) is 48.0 Å². The van der Waals surface area contributed by atoms with E-state index in [1.807, 2.05) is 51.1 Å². The van der Waals surface area contributed by atoms with Crippen molar-refractivity contribution >= 4 is 31.6 Å². The molecule has 1 unspecified atom stereocenters. The zero-order chi connectivity index (χ0) is 22.5. The van der Waals surface area contributed by atoms with Gasteiger partial charge < -0.3 is 19.1 Å². The quantitative estimate of drug-likeness (QED) is 0.359. The molecular weight excluding hydrogens is 414 g/mol. The molecule has 0 saturated carbocycles. The molecule has 1 aromatic carbocycles. The van der Waals surface area contributed by atoms with Gasteiger partial charge in [-0.15, -0.1) is 5.54 Å². The van der Waals surface area contributed by atoms with Crippen LogP contribution in [0, 0.1) is 17.4 Å². The van der Waals surface area contributed by atoms with E-state index in [0.717, 1.165) is 6.42 Å². The molecule has 3 atom stereocenters. The van der Waals surface area contributed by atoms with Gasteiger partial charge in [0, 0.05) is 18.8 Å². The number of benzene rings is 1. The second-order valence-corrected chi connectivity index (χ2v) is 14.7. The summed E-state index contributed by atoms with van der Waals surface area (Å²) in [5.74, 6) is 4.06. The van der Waals surface area contributed by atoms with Crippen molar-refractivity contribution in [2.24, 2.45) is 5.92 Å². The molecule has 0 aromatic heterocycles. The molecule has 0 aliphatic carbocycles. The summed E-state index contributed by atoms with van der Waals surface area (Å²) in [5, 5.41) is -0.000635. The molecule has 0 radical (unpaired) electrons. The monoisotopic (exact) mass is 447 g/mol. The lowest BCUT2D eigenvalue weighted by molar-refractivity contribution is 0.00870. The highest BCUT2D eigenvalue weighted by Crippen LogP contribution is 2.30. The van der Waals surface area contributed by atoms with Crippen LogP contribution in [0.15, 0.2) is 30.3 Å². The molecule has 5 nitrogen and oxygen atoms in total. The smallest absolute Gasteiger partial charge is 0.410 e. The second kappa shape index (κ2) is 9.84. The van der Waals surface area contributed by atoms with E-state index in [0.29, 0.717) is 12.3 Å². The van der Waals surface area contributed by atoms with Crippen LogP contribution in [0.25, 0.3) is 0 Å². The number of carbonyl (C=O) groups is 1. The summed E-state index contributed by atoms with van der Waals surface area (Å²) in [5.41, 5.74) is 2.80. The van der Waals surface area contributed by atoms with Crippen LogP contribution in [0.1, 0.15) is 34.1 Å². The summed E-state index contributed by atoms with van der Waals surface area (Å²) in [4.78, 5) is 14.6. The first-order chi connectivity index (χ1) is 13.9. The first kappa shape index (κ1) is 24.2. The fraction of sp³-hybridized carbons (Fsp3) is 0.565. The van der Waals surface area contributed by atoms with Gasteiger partial charge in [0.05, 0.1) is 6.04 Å². The summed E-state index contributed by atoms with van der Waals surface area (Å²) < 4.78 is 17.3. The number of hydrogen-bond acceptors (Lipinski definition) is 5. The van der Waals surface area contributed by atoms with Gasteiger partial charge in [-0.25, -0.2) is 4.79 Å². The van der Waals surface area contributed by atoms with Crippen LogP contribution in [0.5, 0.6) is 5.75 Å². The number of ether oxygens (including phenoxy) is 3. The van der Waals surface area contributed by atoms with E-state index in [1.54, 1.807) is 4.90 Å².